The molecule has 0 aromatic rings. The van der Waals surface area contributed by atoms with Crippen LogP contribution in [0, 0.1) is 0 Å². The molecule has 5 amide bonds. The zero-order chi connectivity index (χ0) is 9.44. The van der Waals surface area contributed by atoms with E-state index in [4.69, 9.17) is 9.90 Å². The van der Waals surface area contributed by atoms with E-state index in [9.17, 15) is 9.59 Å². The van der Waals surface area contributed by atoms with Crippen molar-refractivity contribution in [2.75, 3.05) is 0 Å². The second-order valence-electron chi connectivity index (χ2n) is 1.20. The molecule has 0 rings (SSSR count). The highest BCUT2D eigenvalue weighted by atomic mass is 16.4. The zero-order valence-corrected chi connectivity index (χ0v) is 5.40. The summed E-state index contributed by atoms with van der Waals surface area (Å²) in [5.41, 5.74) is 12.9. The van der Waals surface area contributed by atoms with Gasteiger partial charge in [-0.1, -0.05) is 0 Å². The van der Waals surface area contributed by atoms with E-state index in [-0.39, 0.29) is 0 Å². The van der Waals surface area contributed by atoms with E-state index < -0.39 is 18.2 Å². The molecule has 0 saturated heterocycles. The summed E-state index contributed by atoms with van der Waals surface area (Å²) in [6.45, 7) is 0. The van der Waals surface area contributed by atoms with Gasteiger partial charge in [-0.3, -0.25) is 0 Å². The van der Waals surface area contributed by atoms with Crippen LogP contribution in [0.15, 0.2) is 0 Å². The summed E-state index contributed by atoms with van der Waals surface area (Å²) in [7, 11) is 0. The third-order valence-corrected chi connectivity index (χ3v) is 0.230. The Balaban J connectivity index is 0. The number of urea groups is 2. The van der Waals surface area contributed by atoms with Crippen LogP contribution in [0.4, 0.5) is 14.4 Å². The van der Waals surface area contributed by atoms with Crippen LogP contribution >= 0.6 is 0 Å². The summed E-state index contributed by atoms with van der Waals surface area (Å²) >= 11 is 0. The first-order valence-electron chi connectivity index (χ1n) is 2.20. The third kappa shape index (κ3) is 71.6. The van der Waals surface area contributed by atoms with Crippen LogP contribution in [0.2, 0.25) is 0 Å². The first kappa shape index (κ1) is 11.8. The molecule has 0 bridgehead atoms. The van der Waals surface area contributed by atoms with Gasteiger partial charge in [0, 0.05) is 0 Å². The molecule has 0 heterocycles. The van der Waals surface area contributed by atoms with E-state index in [0.29, 0.717) is 0 Å². The highest BCUT2D eigenvalue weighted by Crippen LogP contribution is 1.55. The average Bonchev–Trinajstić information content (AvgIpc) is 1.56. The van der Waals surface area contributed by atoms with Gasteiger partial charge in [-0.2, -0.15) is 0 Å². The highest BCUT2D eigenvalue weighted by molar-refractivity contribution is 5.88. The van der Waals surface area contributed by atoms with Crippen molar-refractivity contribution < 1.29 is 19.5 Å². The maximum Gasteiger partial charge on any atom is 0.412 e. The summed E-state index contributed by atoms with van der Waals surface area (Å²) in [6, 6.07) is -1.90. The summed E-state index contributed by atoms with van der Waals surface area (Å²) < 4.78 is 0. The number of carbonyl (C=O) groups excluding carboxylic acids is 2. The van der Waals surface area contributed by atoms with Crippen molar-refractivity contribution in [3.8, 4) is 0 Å². The van der Waals surface area contributed by atoms with E-state index in [1.165, 1.54) is 5.32 Å². The first-order chi connectivity index (χ1) is 4.86. The third-order valence-electron chi connectivity index (χ3n) is 0.230. The van der Waals surface area contributed by atoms with E-state index in [0.717, 1.165) is 0 Å². The molecular formula is C3H8N4O4. The Morgan fingerprint density at radius 2 is 1.36 bits per heavy atom. The van der Waals surface area contributed by atoms with Crippen LogP contribution in [0.25, 0.3) is 0 Å². The normalized spacial score (nSPS) is 6.91. The number of nitrogens with one attached hydrogen (secondary N) is 1. The van der Waals surface area contributed by atoms with Gasteiger partial charge in [0.05, 0.1) is 0 Å². The molecule has 8 N–H and O–H groups in total. The van der Waals surface area contributed by atoms with E-state index in [1.54, 1.807) is 0 Å². The number of imide groups is 1. The van der Waals surface area contributed by atoms with Crippen LogP contribution in [-0.4, -0.2) is 23.3 Å². The largest absolute Gasteiger partial charge is 0.465 e. The van der Waals surface area contributed by atoms with Gasteiger partial charge in [-0.05, 0) is 0 Å². The van der Waals surface area contributed by atoms with Crippen molar-refractivity contribution >= 4 is 18.2 Å². The molecule has 0 radical (unpaired) electrons. The molecule has 0 aliphatic rings. The lowest BCUT2D eigenvalue weighted by Gasteiger charge is -1.86. The molecule has 0 unspecified atom stereocenters. The van der Waals surface area contributed by atoms with E-state index in [1.807, 2.05) is 0 Å². The van der Waals surface area contributed by atoms with Crippen molar-refractivity contribution in [1.29, 1.82) is 0 Å². The minimum atomic E-state index is -1.44. The predicted octanol–water partition coefficient (Wildman–Crippen LogP) is -1.64. The van der Waals surface area contributed by atoms with Crippen LogP contribution in [0.1, 0.15) is 0 Å². The zero-order valence-electron chi connectivity index (χ0n) is 5.40. The lowest BCUT2D eigenvalue weighted by atomic mass is 11.0. The topological polar surface area (TPSA) is 162 Å². The molecule has 0 saturated carbocycles. The lowest BCUT2D eigenvalue weighted by Crippen LogP contribution is -2.33. The Bertz CT molecular complexity index is 151. The molecule has 8 heteroatoms. The lowest BCUT2D eigenvalue weighted by molar-refractivity contribution is 0.193. The minimum absolute atomic E-state index is 0.833. The number of carbonyl (C=O) groups is 3. The van der Waals surface area contributed by atoms with Gasteiger partial charge >= 0.3 is 18.2 Å². The summed E-state index contributed by atoms with van der Waals surface area (Å²) in [4.78, 5) is 27.9. The number of primary amides is 3. The van der Waals surface area contributed by atoms with Gasteiger partial charge < -0.3 is 22.3 Å². The molecular weight excluding hydrogens is 156 g/mol. The van der Waals surface area contributed by atoms with Crippen molar-refractivity contribution in [1.82, 2.24) is 5.32 Å². The Kier molecular flexibility index (Phi) is 6.56. The fourth-order valence-electron chi connectivity index (χ4n) is 0.105. The Morgan fingerprint density at radius 3 is 1.36 bits per heavy atom. The molecule has 0 aromatic heterocycles. The van der Waals surface area contributed by atoms with Gasteiger partial charge in [-0.15, -0.1) is 0 Å². The first-order valence-corrected chi connectivity index (χ1v) is 2.20. The molecule has 11 heavy (non-hydrogen) atoms. The molecule has 0 spiro atoms. The maximum absolute atomic E-state index is 9.54. The smallest absolute Gasteiger partial charge is 0.412 e. The summed E-state index contributed by atoms with van der Waals surface area (Å²) in [5.74, 6) is 0. The van der Waals surface area contributed by atoms with Crippen LogP contribution in [0.3, 0.4) is 0 Å². The van der Waals surface area contributed by atoms with Crippen LogP contribution in [0.5, 0.6) is 0 Å². The summed E-state index contributed by atoms with van der Waals surface area (Å²) in [6.07, 6.45) is -1.44. The molecule has 0 aliphatic heterocycles. The van der Waals surface area contributed by atoms with Crippen LogP contribution < -0.4 is 22.5 Å². The fourth-order valence-corrected chi connectivity index (χ4v) is 0.105. The molecule has 0 atom stereocenters. The van der Waals surface area contributed by atoms with Crippen molar-refractivity contribution in [2.45, 2.75) is 0 Å². The maximum atomic E-state index is 9.54. The van der Waals surface area contributed by atoms with Crippen molar-refractivity contribution in [3.05, 3.63) is 0 Å². The summed E-state index contributed by atoms with van der Waals surface area (Å²) in [5, 5.41) is 9.03. The van der Waals surface area contributed by atoms with Gasteiger partial charge in [0.15, 0.2) is 0 Å². The molecule has 0 aliphatic carbocycles. The number of amides is 5. The predicted molar refractivity (Wildman–Crippen MR) is 34.5 cm³/mol. The quantitative estimate of drug-likeness (QED) is 0.290. The molecule has 0 aromatic carbocycles. The van der Waals surface area contributed by atoms with Gasteiger partial charge in [-0.25, -0.2) is 19.7 Å². The average molecular weight is 164 g/mol. The standard InChI is InChI=1S/C2H4N2O3.CH4N2O/c3-1(5)4-2(6)7;2-1(3)4/h(H,6,7)(H3,3,4,5);(H4,2,3,4). The molecule has 0 fully saturated rings. The number of nitrogens with two attached hydrogens (primary N) is 3. The van der Waals surface area contributed by atoms with E-state index >= 15 is 0 Å². The molecule has 8 nitrogen and oxygen atoms in total. The van der Waals surface area contributed by atoms with E-state index in [2.05, 4.69) is 17.2 Å². The van der Waals surface area contributed by atoms with Crippen LogP contribution in [-0.2, 0) is 0 Å². The van der Waals surface area contributed by atoms with Gasteiger partial charge in [0.2, 0.25) is 0 Å². The second kappa shape index (κ2) is 6.13. The monoisotopic (exact) mass is 164 g/mol. The Labute approximate surface area is 61.3 Å². The van der Waals surface area contributed by atoms with Crippen molar-refractivity contribution in [2.24, 2.45) is 17.2 Å². The molecule has 64 valence electrons. The Morgan fingerprint density at radius 1 is 1.09 bits per heavy atom. The number of rotatable bonds is 0. The number of hydrogen-bond donors (Lipinski definition) is 5. The minimum Gasteiger partial charge on any atom is -0.465 e. The fraction of sp³-hybridized carbons (Fsp3) is 0. The number of carboxylic acid groups (broad SMARTS) is 1. The van der Waals surface area contributed by atoms with Crippen molar-refractivity contribution in [3.63, 3.8) is 0 Å². The number of hydrogen-bond acceptors (Lipinski definition) is 3. The Hall–Kier alpha value is -1.99. The second-order valence-corrected chi connectivity index (χ2v) is 1.20. The van der Waals surface area contributed by atoms with Gasteiger partial charge in [0.25, 0.3) is 0 Å². The highest BCUT2D eigenvalue weighted by Gasteiger charge is 1.94. The SMILES string of the molecule is NC(=O)NC(=O)O.NC(N)=O. The van der Waals surface area contributed by atoms with Gasteiger partial charge in [0.1, 0.15) is 0 Å².